The molecule has 0 spiro atoms. The van der Waals surface area contributed by atoms with E-state index < -0.39 is 16.3 Å². The highest BCUT2D eigenvalue weighted by Gasteiger charge is 2.15. The number of hydrazone groups is 1. The van der Waals surface area contributed by atoms with E-state index in [1.807, 2.05) is 0 Å². The summed E-state index contributed by atoms with van der Waals surface area (Å²) in [5.41, 5.74) is 12.4. The summed E-state index contributed by atoms with van der Waals surface area (Å²) in [4.78, 5) is 11.6. The van der Waals surface area contributed by atoms with Crippen molar-refractivity contribution in [1.29, 1.82) is 0 Å². The molecule has 1 rings (SSSR count). The number of aromatic hydroxyl groups is 1. The highest BCUT2D eigenvalue weighted by molar-refractivity contribution is 7.79. The Morgan fingerprint density at radius 1 is 1.22 bits per heavy atom. The van der Waals surface area contributed by atoms with Crippen LogP contribution in [-0.4, -0.2) is 48.7 Å². The zero-order valence-corrected chi connectivity index (χ0v) is 12.9. The van der Waals surface area contributed by atoms with E-state index in [4.69, 9.17) is 38.5 Å². The van der Waals surface area contributed by atoms with Gasteiger partial charge in [-0.3, -0.25) is 13.9 Å². The molecule has 8 N–H and O–H groups in total. The molecule has 0 aliphatic heterocycles. The summed E-state index contributed by atoms with van der Waals surface area (Å²) in [7, 11) is -1.91. The Hall–Kier alpha value is -2.77. The van der Waals surface area contributed by atoms with Crippen LogP contribution in [0.1, 0.15) is 10.4 Å². The molecule has 0 unspecified atom stereocenters. The summed E-state index contributed by atoms with van der Waals surface area (Å²) in [5, 5.41) is 13.0. The van der Waals surface area contributed by atoms with Gasteiger partial charge in [-0.15, -0.1) is 5.10 Å². The maximum atomic E-state index is 11.6. The number of phenols is 1. The Labute approximate surface area is 131 Å². The van der Waals surface area contributed by atoms with Crippen molar-refractivity contribution in [2.75, 3.05) is 14.2 Å². The molecule has 0 aliphatic rings. The Bertz CT molecular complexity index is 676. The second kappa shape index (κ2) is 8.62. The third kappa shape index (κ3) is 8.30. The smallest absolute Gasteiger partial charge is 0.394 e. The molecular weight excluding hydrogens is 336 g/mol. The van der Waals surface area contributed by atoms with Gasteiger partial charge in [-0.25, -0.2) is 5.43 Å². The number of methoxy groups -OCH3 is 2. The van der Waals surface area contributed by atoms with E-state index in [-0.39, 0.29) is 28.8 Å². The van der Waals surface area contributed by atoms with Gasteiger partial charge in [0.1, 0.15) is 0 Å². The van der Waals surface area contributed by atoms with Crippen LogP contribution < -0.4 is 26.4 Å². The molecule has 0 fully saturated rings. The topological polar surface area (TPSA) is 207 Å². The number of nitrogens with one attached hydrogen (secondary N) is 1. The molecule has 1 aromatic carbocycles. The number of guanidine groups is 1. The molecule has 0 aromatic heterocycles. The van der Waals surface area contributed by atoms with Crippen LogP contribution in [-0.2, 0) is 10.4 Å². The third-order valence-corrected chi connectivity index (χ3v) is 2.01. The number of hydrogen-bond donors (Lipinski definition) is 6. The van der Waals surface area contributed by atoms with Gasteiger partial charge in [-0.2, -0.15) is 8.42 Å². The summed E-state index contributed by atoms with van der Waals surface area (Å²) in [5.74, 6) is -0.761. The van der Waals surface area contributed by atoms with Crippen molar-refractivity contribution in [3.63, 3.8) is 0 Å². The van der Waals surface area contributed by atoms with Crippen molar-refractivity contribution in [2.45, 2.75) is 0 Å². The van der Waals surface area contributed by atoms with E-state index in [0.29, 0.717) is 0 Å². The molecule has 130 valence electrons. The highest BCUT2D eigenvalue weighted by atomic mass is 32.3. The van der Waals surface area contributed by atoms with Crippen LogP contribution >= 0.6 is 0 Å². The number of hydrogen-bond acceptors (Lipinski definition) is 7. The van der Waals surface area contributed by atoms with Gasteiger partial charge < -0.3 is 26.0 Å². The number of carbonyl (C=O) groups excluding carboxylic acids is 1. The van der Waals surface area contributed by atoms with Crippen LogP contribution in [0.25, 0.3) is 0 Å². The van der Waals surface area contributed by atoms with Gasteiger partial charge in [0.2, 0.25) is 11.7 Å². The lowest BCUT2D eigenvalue weighted by Crippen LogP contribution is -2.29. The van der Waals surface area contributed by atoms with E-state index in [9.17, 15) is 9.90 Å². The average molecular weight is 352 g/mol. The molecule has 0 radical (unpaired) electrons. The number of nitrogens with two attached hydrogens (primary N) is 2. The molecule has 0 saturated carbocycles. The van der Waals surface area contributed by atoms with Crippen molar-refractivity contribution >= 4 is 22.3 Å². The number of amides is 1. The SMILES string of the molecule is COc1cc(C(=O)NN=C(N)N)cc(O)c1OC.O=S(=O)(O)O. The van der Waals surface area contributed by atoms with Crippen molar-refractivity contribution in [3.8, 4) is 17.2 Å². The standard InChI is InChI=1S/C10H14N4O4.H2O4S/c1-17-7-4-5(3-6(15)8(7)18-2)9(16)13-14-10(11)12;1-5(2,3)4/h3-4,15H,1-2H3,(H,13,16)(H4,11,12,14);(H2,1,2,3,4). The molecule has 0 saturated heterocycles. The Morgan fingerprint density at radius 3 is 2.13 bits per heavy atom. The number of benzene rings is 1. The van der Waals surface area contributed by atoms with Gasteiger partial charge in [-0.05, 0) is 12.1 Å². The minimum absolute atomic E-state index is 0.121. The second-order valence-corrected chi connectivity index (χ2v) is 4.55. The first kappa shape index (κ1) is 20.2. The van der Waals surface area contributed by atoms with Gasteiger partial charge in [0.05, 0.1) is 14.2 Å². The van der Waals surface area contributed by atoms with Crippen molar-refractivity contribution in [1.82, 2.24) is 5.43 Å². The minimum atomic E-state index is -4.67. The zero-order valence-electron chi connectivity index (χ0n) is 12.0. The van der Waals surface area contributed by atoms with E-state index in [1.54, 1.807) is 0 Å². The Morgan fingerprint density at radius 2 is 1.74 bits per heavy atom. The number of rotatable bonds is 4. The monoisotopic (exact) mass is 352 g/mol. The van der Waals surface area contributed by atoms with E-state index >= 15 is 0 Å². The van der Waals surface area contributed by atoms with Crippen LogP contribution in [0.4, 0.5) is 0 Å². The van der Waals surface area contributed by atoms with E-state index in [2.05, 4.69) is 10.5 Å². The number of carbonyl (C=O) groups is 1. The molecule has 0 aliphatic carbocycles. The summed E-state index contributed by atoms with van der Waals surface area (Å²) >= 11 is 0. The lowest BCUT2D eigenvalue weighted by Gasteiger charge is -2.10. The fourth-order valence-electron chi connectivity index (χ4n) is 1.26. The van der Waals surface area contributed by atoms with Crippen LogP contribution in [0.2, 0.25) is 0 Å². The van der Waals surface area contributed by atoms with Crippen molar-refractivity contribution in [3.05, 3.63) is 17.7 Å². The van der Waals surface area contributed by atoms with Crippen LogP contribution in [0.15, 0.2) is 17.2 Å². The first-order valence-electron chi connectivity index (χ1n) is 5.53. The van der Waals surface area contributed by atoms with Crippen LogP contribution in [0, 0.1) is 0 Å². The predicted octanol–water partition coefficient (Wildman–Crippen LogP) is -1.33. The van der Waals surface area contributed by atoms with E-state index in [0.717, 1.165) is 0 Å². The van der Waals surface area contributed by atoms with Gasteiger partial charge in [0.25, 0.3) is 5.91 Å². The van der Waals surface area contributed by atoms with E-state index in [1.165, 1.54) is 26.4 Å². The molecular formula is C10H16N4O8S. The molecule has 0 atom stereocenters. The van der Waals surface area contributed by atoms with Crippen LogP contribution in [0.5, 0.6) is 17.2 Å². The molecule has 23 heavy (non-hydrogen) atoms. The van der Waals surface area contributed by atoms with Gasteiger partial charge in [-0.1, -0.05) is 0 Å². The Balaban J connectivity index is 0.000000841. The lowest BCUT2D eigenvalue weighted by atomic mass is 10.1. The normalized spacial score (nSPS) is 9.91. The van der Waals surface area contributed by atoms with Gasteiger partial charge in [0, 0.05) is 5.56 Å². The number of ether oxygens (including phenoxy) is 2. The highest BCUT2D eigenvalue weighted by Crippen LogP contribution is 2.37. The summed E-state index contributed by atoms with van der Waals surface area (Å²) in [6, 6.07) is 2.59. The molecule has 13 heteroatoms. The summed E-state index contributed by atoms with van der Waals surface area (Å²) < 4.78 is 41.5. The maximum Gasteiger partial charge on any atom is 0.394 e. The first-order chi connectivity index (χ1) is 10.5. The van der Waals surface area contributed by atoms with Gasteiger partial charge in [0.15, 0.2) is 11.5 Å². The number of phenolic OH excluding ortho intramolecular Hbond substituents is 1. The quantitative estimate of drug-likeness (QED) is 0.163. The Kier molecular flexibility index (Phi) is 7.58. The predicted molar refractivity (Wildman–Crippen MR) is 78.7 cm³/mol. The maximum absolute atomic E-state index is 11.6. The van der Waals surface area contributed by atoms with Gasteiger partial charge >= 0.3 is 10.4 Å². The molecule has 1 amide bonds. The fourth-order valence-corrected chi connectivity index (χ4v) is 1.26. The fraction of sp³-hybridized carbons (Fsp3) is 0.200. The van der Waals surface area contributed by atoms with Crippen LogP contribution in [0.3, 0.4) is 0 Å². The molecule has 0 bridgehead atoms. The zero-order chi connectivity index (χ0) is 18.2. The average Bonchev–Trinajstić information content (AvgIpc) is 2.41. The molecule has 1 aromatic rings. The third-order valence-electron chi connectivity index (χ3n) is 2.01. The molecule has 0 heterocycles. The summed E-state index contributed by atoms with van der Waals surface area (Å²) in [6.45, 7) is 0. The second-order valence-electron chi connectivity index (χ2n) is 3.66. The van der Waals surface area contributed by atoms with Crippen molar-refractivity contribution in [2.24, 2.45) is 16.6 Å². The summed E-state index contributed by atoms with van der Waals surface area (Å²) in [6.07, 6.45) is 0. The number of nitrogens with zero attached hydrogens (tertiary/aromatic N) is 1. The lowest BCUT2D eigenvalue weighted by molar-refractivity contribution is 0.0953. The minimum Gasteiger partial charge on any atom is -0.504 e. The molecule has 12 nitrogen and oxygen atoms in total. The first-order valence-corrected chi connectivity index (χ1v) is 6.93. The van der Waals surface area contributed by atoms with Crippen molar-refractivity contribution < 1.29 is 36.9 Å². The largest absolute Gasteiger partial charge is 0.504 e.